The number of benzene rings is 1. The van der Waals surface area contributed by atoms with Gasteiger partial charge in [0.15, 0.2) is 11.6 Å². The first-order chi connectivity index (χ1) is 16.0. The molecule has 0 aliphatic carbocycles. The second-order valence-electron chi connectivity index (χ2n) is 10.8. The number of carbonyl (C=O) groups excluding carboxylic acids is 1. The number of hydrogen-bond acceptors (Lipinski definition) is 6. The number of amidine groups is 1. The van der Waals surface area contributed by atoms with Gasteiger partial charge in [0.2, 0.25) is 11.8 Å². The van der Waals surface area contributed by atoms with Crippen LogP contribution in [-0.4, -0.2) is 33.1 Å². The number of aromatic nitrogens is 1. The van der Waals surface area contributed by atoms with Gasteiger partial charge in [-0.3, -0.25) is 9.36 Å². The topological polar surface area (TPSA) is 139 Å². The predicted molar refractivity (Wildman–Crippen MR) is 140 cm³/mol. The highest BCUT2D eigenvalue weighted by molar-refractivity contribution is 7.66. The monoisotopic (exact) mass is 524 g/mol. The molecule has 9 nitrogen and oxygen atoms in total. The molecule has 1 aliphatic heterocycles. The zero-order chi connectivity index (χ0) is 26.5. The minimum atomic E-state index is -3.87. The quantitative estimate of drug-likeness (QED) is 0.387. The van der Waals surface area contributed by atoms with Gasteiger partial charge in [-0.25, -0.2) is 0 Å². The van der Waals surface area contributed by atoms with E-state index in [-0.39, 0.29) is 56.6 Å². The van der Waals surface area contributed by atoms with E-state index in [1.54, 1.807) is 11.5 Å². The fourth-order valence-electron chi connectivity index (χ4n) is 4.05. The third-order valence-corrected chi connectivity index (χ3v) is 8.05. The molecule has 0 bridgehead atoms. The Hall–Kier alpha value is -2.48. The number of nitrogens with one attached hydrogen (secondary N) is 1. The van der Waals surface area contributed by atoms with Gasteiger partial charge in [0.1, 0.15) is 5.56 Å². The Kier molecular flexibility index (Phi) is 7.12. The number of amides is 1. The maximum absolute atomic E-state index is 13.8. The Bertz CT molecular complexity index is 1250. The Morgan fingerprint density at radius 3 is 2.37 bits per heavy atom. The van der Waals surface area contributed by atoms with E-state index in [4.69, 9.17) is 21.9 Å². The minimum absolute atomic E-state index is 0.00462. The van der Waals surface area contributed by atoms with Crippen molar-refractivity contribution in [3.8, 4) is 11.6 Å². The van der Waals surface area contributed by atoms with Crippen LogP contribution in [-0.2, 0) is 21.0 Å². The lowest BCUT2D eigenvalue weighted by Crippen LogP contribution is -2.27. The molecule has 192 valence electrons. The van der Waals surface area contributed by atoms with Crippen LogP contribution in [0.25, 0.3) is 0 Å². The van der Waals surface area contributed by atoms with Crippen LogP contribution < -0.4 is 16.4 Å². The van der Waals surface area contributed by atoms with Crippen molar-refractivity contribution in [3.63, 3.8) is 0 Å². The standard InChI is InChI=1S/C24H34ClN4O5P/c1-8-34-35(33)16-12-14(25)13(20(26)31)11-15(16)27-21(28-35)17-18(30)19(24(5,6)7)29(22(17)32)10-9-23(2,3)4/h11-12,30,32H,8-10H2,1-7H3,(H2,26,31)(H,27,28,33). The van der Waals surface area contributed by atoms with Crippen LogP contribution in [0, 0.1) is 5.41 Å². The molecule has 35 heavy (non-hydrogen) atoms. The van der Waals surface area contributed by atoms with Gasteiger partial charge in [-0.1, -0.05) is 53.1 Å². The van der Waals surface area contributed by atoms with Crippen LogP contribution in [0.1, 0.15) is 76.5 Å². The van der Waals surface area contributed by atoms with E-state index in [9.17, 15) is 19.6 Å². The maximum atomic E-state index is 13.8. The van der Waals surface area contributed by atoms with Gasteiger partial charge in [0.25, 0.3) is 0 Å². The average molecular weight is 525 g/mol. The van der Waals surface area contributed by atoms with E-state index in [2.05, 4.69) is 30.9 Å². The molecule has 5 N–H and O–H groups in total. The van der Waals surface area contributed by atoms with Crippen molar-refractivity contribution >= 4 is 41.9 Å². The molecule has 1 aliphatic rings. The highest BCUT2D eigenvalue weighted by Gasteiger charge is 2.39. The first-order valence-corrected chi connectivity index (χ1v) is 13.4. The second kappa shape index (κ2) is 9.19. The van der Waals surface area contributed by atoms with Gasteiger partial charge >= 0.3 is 7.52 Å². The van der Waals surface area contributed by atoms with Gasteiger partial charge in [-0.2, -0.15) is 4.76 Å². The number of nitrogens with zero attached hydrogens (tertiary/aromatic N) is 2. The maximum Gasteiger partial charge on any atom is 0.348 e. The van der Waals surface area contributed by atoms with Gasteiger partial charge in [-0.05, 0) is 30.9 Å². The molecular weight excluding hydrogens is 491 g/mol. The van der Waals surface area contributed by atoms with Crippen molar-refractivity contribution in [1.82, 2.24) is 4.57 Å². The fraction of sp³-hybridized carbons (Fsp3) is 0.500. The van der Waals surface area contributed by atoms with E-state index >= 15 is 0 Å². The van der Waals surface area contributed by atoms with Crippen LogP contribution in [0.4, 0.5) is 5.69 Å². The number of fused-ring (bicyclic) bond motifs is 1. The van der Waals surface area contributed by atoms with E-state index in [1.165, 1.54) is 12.1 Å². The van der Waals surface area contributed by atoms with Crippen molar-refractivity contribution in [2.75, 3.05) is 11.9 Å². The molecule has 2 heterocycles. The SMILES string of the molecule is CCOP1(=O)N=C(c2c(O)c(C(C)(C)C)n(CCC(C)(C)C)c2O)Nc2cc(C(N)=O)c(Cl)cc21. The number of halogens is 1. The predicted octanol–water partition coefficient (Wildman–Crippen LogP) is 5.11. The summed E-state index contributed by atoms with van der Waals surface area (Å²) in [7, 11) is -3.87. The molecular formula is C24H34ClN4O5P. The smallest absolute Gasteiger partial charge is 0.348 e. The lowest BCUT2D eigenvalue weighted by atomic mass is 9.89. The van der Waals surface area contributed by atoms with Crippen LogP contribution in [0.3, 0.4) is 0 Å². The van der Waals surface area contributed by atoms with E-state index < -0.39 is 18.8 Å². The van der Waals surface area contributed by atoms with Gasteiger partial charge < -0.3 is 30.4 Å². The largest absolute Gasteiger partial charge is 0.505 e. The summed E-state index contributed by atoms with van der Waals surface area (Å²) in [6, 6.07) is 2.71. The molecule has 3 rings (SSSR count). The van der Waals surface area contributed by atoms with Gasteiger partial charge in [0, 0.05) is 12.0 Å². The number of anilines is 1. The highest BCUT2D eigenvalue weighted by atomic mass is 35.5. The molecule has 1 unspecified atom stereocenters. The summed E-state index contributed by atoms with van der Waals surface area (Å²) in [5.41, 5.74) is 5.68. The van der Waals surface area contributed by atoms with Crippen molar-refractivity contribution in [3.05, 3.63) is 34.0 Å². The van der Waals surface area contributed by atoms with Crippen LogP contribution in [0.2, 0.25) is 5.02 Å². The Morgan fingerprint density at radius 1 is 1.23 bits per heavy atom. The molecule has 0 saturated heterocycles. The Morgan fingerprint density at radius 2 is 1.86 bits per heavy atom. The van der Waals surface area contributed by atoms with E-state index in [1.807, 2.05) is 20.8 Å². The second-order valence-corrected chi connectivity index (χ2v) is 13.2. The van der Waals surface area contributed by atoms with Crippen LogP contribution >= 0.6 is 19.1 Å². The van der Waals surface area contributed by atoms with E-state index in [0.29, 0.717) is 12.2 Å². The van der Waals surface area contributed by atoms with Crippen molar-refractivity contribution in [1.29, 1.82) is 0 Å². The number of nitrogens with two attached hydrogens (primary N) is 1. The molecule has 1 aromatic heterocycles. The summed E-state index contributed by atoms with van der Waals surface area (Å²) in [6.07, 6.45) is 0.734. The summed E-state index contributed by atoms with van der Waals surface area (Å²) < 4.78 is 25.4. The first kappa shape index (κ1) is 27.1. The molecule has 1 amide bonds. The minimum Gasteiger partial charge on any atom is -0.505 e. The summed E-state index contributed by atoms with van der Waals surface area (Å²) in [6.45, 7) is 14.3. The molecule has 0 saturated carbocycles. The third-order valence-electron chi connectivity index (χ3n) is 5.69. The molecule has 0 fully saturated rings. The first-order valence-electron chi connectivity index (χ1n) is 11.4. The summed E-state index contributed by atoms with van der Waals surface area (Å²) in [5, 5.41) is 25.8. The zero-order valence-electron chi connectivity index (χ0n) is 21.2. The van der Waals surface area contributed by atoms with Crippen LogP contribution in [0.15, 0.2) is 16.9 Å². The lowest BCUT2D eigenvalue weighted by molar-refractivity contribution is 0.100. The number of rotatable bonds is 6. The average Bonchev–Trinajstić information content (AvgIpc) is 2.95. The summed E-state index contributed by atoms with van der Waals surface area (Å²) in [4.78, 5) is 11.9. The van der Waals surface area contributed by atoms with Gasteiger partial charge in [0.05, 0.1) is 33.9 Å². The molecule has 2 aromatic rings. The van der Waals surface area contributed by atoms with Gasteiger partial charge in [-0.15, -0.1) is 0 Å². The molecule has 0 radical (unpaired) electrons. The number of hydrogen-bond donors (Lipinski definition) is 4. The van der Waals surface area contributed by atoms with Crippen molar-refractivity contribution < 1.29 is 24.1 Å². The molecule has 1 atom stereocenters. The van der Waals surface area contributed by atoms with Crippen molar-refractivity contribution in [2.24, 2.45) is 15.9 Å². The fourth-order valence-corrected chi connectivity index (χ4v) is 6.16. The highest BCUT2D eigenvalue weighted by Crippen LogP contribution is 2.54. The number of primary amides is 1. The van der Waals surface area contributed by atoms with Crippen LogP contribution in [0.5, 0.6) is 11.6 Å². The lowest BCUT2D eigenvalue weighted by Gasteiger charge is -2.25. The number of aromatic hydroxyl groups is 2. The molecule has 0 spiro atoms. The molecule has 11 heteroatoms. The third kappa shape index (κ3) is 5.22. The summed E-state index contributed by atoms with van der Waals surface area (Å²) in [5.74, 6) is -1.18. The Balaban J connectivity index is 2.26. The zero-order valence-corrected chi connectivity index (χ0v) is 22.8. The molecule has 1 aromatic carbocycles. The Labute approximate surface area is 210 Å². The number of carbonyl (C=O) groups is 1. The normalized spacial score (nSPS) is 18.1. The summed E-state index contributed by atoms with van der Waals surface area (Å²) >= 11 is 6.20. The van der Waals surface area contributed by atoms with E-state index in [0.717, 1.165) is 6.42 Å². The van der Waals surface area contributed by atoms with Crippen molar-refractivity contribution in [2.45, 2.75) is 66.8 Å².